The number of carbonyl (C=O) groups is 2. The predicted molar refractivity (Wildman–Crippen MR) is 68.8 cm³/mol. The van der Waals surface area contributed by atoms with Crippen molar-refractivity contribution in [3.63, 3.8) is 0 Å². The number of hydrogen-bond donors (Lipinski definition) is 1. The van der Waals surface area contributed by atoms with Gasteiger partial charge in [0.1, 0.15) is 6.33 Å². The standard InChI is InChI=1S/C12H13N5O4/c1-7-8(4-13-12-14-6-15-17(7)12)10(18)16-2-3-21-5-9(16)11(19)20/h4,6,9H,2-3,5H2,1H3,(H,19,20). The molecule has 1 atom stereocenters. The maximum atomic E-state index is 12.6. The van der Waals surface area contributed by atoms with Crippen LogP contribution in [-0.2, 0) is 9.53 Å². The van der Waals surface area contributed by atoms with Crippen LogP contribution in [0.4, 0.5) is 0 Å². The van der Waals surface area contributed by atoms with Crippen molar-refractivity contribution in [3.05, 3.63) is 23.8 Å². The molecule has 1 aliphatic rings. The lowest BCUT2D eigenvalue weighted by atomic mass is 10.1. The van der Waals surface area contributed by atoms with Gasteiger partial charge in [0, 0.05) is 12.7 Å². The van der Waals surface area contributed by atoms with E-state index in [2.05, 4.69) is 15.1 Å². The second-order valence-electron chi connectivity index (χ2n) is 4.66. The summed E-state index contributed by atoms with van der Waals surface area (Å²) >= 11 is 0. The molecule has 0 radical (unpaired) electrons. The van der Waals surface area contributed by atoms with E-state index >= 15 is 0 Å². The molecule has 2 aromatic rings. The molecule has 9 nitrogen and oxygen atoms in total. The van der Waals surface area contributed by atoms with Crippen molar-refractivity contribution in [3.8, 4) is 0 Å². The van der Waals surface area contributed by atoms with Gasteiger partial charge in [0.15, 0.2) is 6.04 Å². The quantitative estimate of drug-likeness (QED) is 0.783. The first-order chi connectivity index (χ1) is 10.1. The molecular weight excluding hydrogens is 278 g/mol. The summed E-state index contributed by atoms with van der Waals surface area (Å²) in [5, 5.41) is 13.2. The molecule has 1 unspecified atom stereocenters. The number of aliphatic carboxylic acids is 1. The van der Waals surface area contributed by atoms with Gasteiger partial charge in [-0.15, -0.1) is 0 Å². The lowest BCUT2D eigenvalue weighted by molar-refractivity contribution is -0.147. The molecule has 9 heteroatoms. The van der Waals surface area contributed by atoms with Crippen LogP contribution in [0.5, 0.6) is 0 Å². The summed E-state index contributed by atoms with van der Waals surface area (Å²) in [5.41, 5.74) is 0.874. The van der Waals surface area contributed by atoms with E-state index in [-0.39, 0.29) is 13.2 Å². The lowest BCUT2D eigenvalue weighted by Gasteiger charge is -2.33. The second-order valence-corrected chi connectivity index (χ2v) is 4.66. The number of fused-ring (bicyclic) bond motifs is 1. The van der Waals surface area contributed by atoms with Gasteiger partial charge < -0.3 is 14.7 Å². The Morgan fingerprint density at radius 1 is 1.43 bits per heavy atom. The van der Waals surface area contributed by atoms with E-state index in [0.717, 1.165) is 0 Å². The third-order valence-electron chi connectivity index (χ3n) is 3.45. The number of carbonyl (C=O) groups excluding carboxylic acids is 1. The Morgan fingerprint density at radius 3 is 3.00 bits per heavy atom. The fraction of sp³-hybridized carbons (Fsp3) is 0.417. The minimum atomic E-state index is -1.09. The van der Waals surface area contributed by atoms with Gasteiger partial charge in [0.25, 0.3) is 11.7 Å². The molecule has 1 amide bonds. The molecule has 0 aromatic carbocycles. The van der Waals surface area contributed by atoms with Crippen LogP contribution in [0.1, 0.15) is 16.1 Å². The minimum Gasteiger partial charge on any atom is -0.480 e. The Labute approximate surface area is 119 Å². The summed E-state index contributed by atoms with van der Waals surface area (Å²) in [6.07, 6.45) is 2.74. The molecule has 2 aromatic heterocycles. The molecule has 1 saturated heterocycles. The highest BCUT2D eigenvalue weighted by Crippen LogP contribution is 2.15. The summed E-state index contributed by atoms with van der Waals surface area (Å²) in [7, 11) is 0. The minimum absolute atomic E-state index is 0.0148. The number of carboxylic acid groups (broad SMARTS) is 1. The van der Waals surface area contributed by atoms with Crippen LogP contribution in [0.15, 0.2) is 12.5 Å². The molecule has 1 N–H and O–H groups in total. The topological polar surface area (TPSA) is 110 Å². The number of ether oxygens (including phenoxy) is 1. The van der Waals surface area contributed by atoms with Crippen molar-refractivity contribution in [2.75, 3.05) is 19.8 Å². The van der Waals surface area contributed by atoms with E-state index in [4.69, 9.17) is 4.74 Å². The van der Waals surface area contributed by atoms with E-state index in [1.165, 1.54) is 21.9 Å². The first-order valence-electron chi connectivity index (χ1n) is 6.36. The molecule has 0 saturated carbocycles. The number of amides is 1. The van der Waals surface area contributed by atoms with Gasteiger partial charge in [-0.25, -0.2) is 14.3 Å². The van der Waals surface area contributed by atoms with Crippen LogP contribution in [0, 0.1) is 6.92 Å². The fourth-order valence-corrected chi connectivity index (χ4v) is 2.31. The molecule has 3 heterocycles. The van der Waals surface area contributed by atoms with E-state index < -0.39 is 17.9 Å². The zero-order chi connectivity index (χ0) is 15.0. The zero-order valence-electron chi connectivity index (χ0n) is 11.3. The van der Waals surface area contributed by atoms with Gasteiger partial charge >= 0.3 is 5.97 Å². The largest absolute Gasteiger partial charge is 0.480 e. The second kappa shape index (κ2) is 5.09. The molecule has 0 aliphatic carbocycles. The molecule has 1 fully saturated rings. The average molecular weight is 291 g/mol. The van der Waals surface area contributed by atoms with E-state index in [9.17, 15) is 14.7 Å². The third-order valence-corrected chi connectivity index (χ3v) is 3.45. The van der Waals surface area contributed by atoms with E-state index in [1.807, 2.05) is 0 Å². The number of nitrogens with zero attached hydrogens (tertiary/aromatic N) is 5. The molecule has 1 aliphatic heterocycles. The normalized spacial score (nSPS) is 18.9. The Morgan fingerprint density at radius 2 is 2.24 bits per heavy atom. The Hall–Kier alpha value is -2.55. The number of rotatable bonds is 2. The third kappa shape index (κ3) is 2.21. The van der Waals surface area contributed by atoms with Gasteiger partial charge in [0.2, 0.25) is 0 Å². The van der Waals surface area contributed by atoms with Gasteiger partial charge in [0.05, 0.1) is 24.5 Å². The van der Waals surface area contributed by atoms with Crippen molar-refractivity contribution >= 4 is 17.7 Å². The summed E-state index contributed by atoms with van der Waals surface area (Å²) in [6, 6.07) is -0.989. The number of aromatic nitrogens is 4. The van der Waals surface area contributed by atoms with Crippen molar-refractivity contribution in [2.24, 2.45) is 0 Å². The predicted octanol–water partition coefficient (Wildman–Crippen LogP) is -0.642. The van der Waals surface area contributed by atoms with Crippen molar-refractivity contribution < 1.29 is 19.4 Å². The van der Waals surface area contributed by atoms with Crippen molar-refractivity contribution in [1.82, 2.24) is 24.5 Å². The van der Waals surface area contributed by atoms with Crippen LogP contribution in [0.3, 0.4) is 0 Å². The maximum Gasteiger partial charge on any atom is 0.328 e. The molecule has 3 rings (SSSR count). The van der Waals surface area contributed by atoms with E-state index in [1.54, 1.807) is 6.92 Å². The average Bonchev–Trinajstić information content (AvgIpc) is 2.96. The van der Waals surface area contributed by atoms with Gasteiger partial charge in [-0.2, -0.15) is 10.1 Å². The van der Waals surface area contributed by atoms with Gasteiger partial charge in [-0.05, 0) is 6.92 Å². The Balaban J connectivity index is 1.99. The number of aryl methyl sites for hydroxylation is 1. The number of morpholine rings is 1. The fourth-order valence-electron chi connectivity index (χ4n) is 2.31. The van der Waals surface area contributed by atoms with Gasteiger partial charge in [-0.3, -0.25) is 4.79 Å². The zero-order valence-corrected chi connectivity index (χ0v) is 11.3. The Kier molecular flexibility index (Phi) is 3.26. The maximum absolute atomic E-state index is 12.6. The van der Waals surface area contributed by atoms with Crippen molar-refractivity contribution in [1.29, 1.82) is 0 Å². The lowest BCUT2D eigenvalue weighted by Crippen LogP contribution is -2.52. The van der Waals surface area contributed by atoms with Crippen LogP contribution in [-0.4, -0.2) is 67.3 Å². The number of carboxylic acids is 1. The SMILES string of the molecule is Cc1c(C(=O)N2CCOCC2C(=O)O)cnc2ncnn12. The first-order valence-corrected chi connectivity index (χ1v) is 6.36. The summed E-state index contributed by atoms with van der Waals surface area (Å²) in [5.74, 6) is -1.09. The molecule has 110 valence electrons. The van der Waals surface area contributed by atoms with Crippen LogP contribution in [0.25, 0.3) is 5.78 Å². The summed E-state index contributed by atoms with van der Waals surface area (Å²) < 4.78 is 6.58. The molecule has 21 heavy (non-hydrogen) atoms. The summed E-state index contributed by atoms with van der Waals surface area (Å²) in [6.45, 7) is 2.24. The molecular formula is C12H13N5O4. The van der Waals surface area contributed by atoms with Crippen LogP contribution in [0.2, 0.25) is 0 Å². The van der Waals surface area contributed by atoms with Crippen LogP contribution < -0.4 is 0 Å². The highest BCUT2D eigenvalue weighted by atomic mass is 16.5. The van der Waals surface area contributed by atoms with Gasteiger partial charge in [-0.1, -0.05) is 0 Å². The highest BCUT2D eigenvalue weighted by molar-refractivity contribution is 5.97. The van der Waals surface area contributed by atoms with Crippen LogP contribution >= 0.6 is 0 Å². The highest BCUT2D eigenvalue weighted by Gasteiger charge is 2.34. The molecule has 0 spiro atoms. The van der Waals surface area contributed by atoms with E-state index in [0.29, 0.717) is 23.6 Å². The smallest absolute Gasteiger partial charge is 0.328 e. The first kappa shape index (κ1) is 13.4. The summed E-state index contributed by atoms with van der Waals surface area (Å²) in [4.78, 5) is 33.1. The molecule has 0 bridgehead atoms. The Bertz CT molecular complexity index is 713. The number of hydrogen-bond acceptors (Lipinski definition) is 6. The monoisotopic (exact) mass is 291 g/mol. The van der Waals surface area contributed by atoms with Crippen molar-refractivity contribution in [2.45, 2.75) is 13.0 Å².